The van der Waals surface area contributed by atoms with Crippen molar-refractivity contribution in [2.75, 3.05) is 13.2 Å². The molecule has 2 saturated heterocycles. The predicted molar refractivity (Wildman–Crippen MR) is 204 cm³/mol. The van der Waals surface area contributed by atoms with E-state index in [1.807, 2.05) is 0 Å². The number of benzene rings is 4. The molecule has 0 radical (unpaired) electrons. The maximum absolute atomic E-state index is 15.0. The Morgan fingerprint density at radius 3 is 1.18 bits per heavy atom. The van der Waals surface area contributed by atoms with Crippen molar-refractivity contribution in [3.8, 4) is 46.0 Å². The fraction of sp³-hybridized carbons (Fsp3) is 0.381. The van der Waals surface area contributed by atoms with Crippen LogP contribution >= 0.6 is 0 Å². The van der Waals surface area contributed by atoms with E-state index in [1.54, 1.807) is 0 Å². The van der Waals surface area contributed by atoms with Crippen molar-refractivity contribution in [1.82, 2.24) is 0 Å². The van der Waals surface area contributed by atoms with Crippen LogP contribution in [-0.2, 0) is 9.47 Å². The van der Waals surface area contributed by atoms with Gasteiger partial charge in [-0.15, -0.1) is 0 Å². The summed E-state index contributed by atoms with van der Waals surface area (Å²) in [6.07, 6.45) is -19.4. The number of ether oxygens (including phenoxy) is 6. The molecular weight excluding hydrogens is 824 g/mol. The zero-order valence-electron chi connectivity index (χ0n) is 32.1. The van der Waals surface area contributed by atoms with Gasteiger partial charge in [0, 0.05) is 24.3 Å². The van der Waals surface area contributed by atoms with Crippen LogP contribution in [0.1, 0.15) is 44.1 Å². The van der Waals surface area contributed by atoms with Gasteiger partial charge in [0.25, 0.3) is 0 Å². The van der Waals surface area contributed by atoms with Gasteiger partial charge in [0.05, 0.1) is 25.0 Å². The standard InChI is InChI=1S/C42H42O20/c43-13-25-31(49)35(53)37(55)41(61-25)57-19-9-21(47)27-23(11-19)59-39(15-1-5-17(45)6-2-15)29(33(27)51)30-34(52)28-22(48)10-20(58-42-38(56)36(54)32(50)26(14-44)62-42)12-24(28)60-40(30)16-3-7-18(46)8-4-16/h1-12,25-26,29-32,35-50,53-56H,13-14H2/t25-,26-,29+,30+,31-,32-,35+,36+,37-,38-,39-,40-,41-,42-/m1/s1. The van der Waals surface area contributed by atoms with E-state index in [2.05, 4.69) is 0 Å². The lowest BCUT2D eigenvalue weighted by atomic mass is 9.69. The second-order valence-corrected chi connectivity index (χ2v) is 15.3. The fourth-order valence-corrected chi connectivity index (χ4v) is 8.18. The number of phenols is 4. The lowest BCUT2D eigenvalue weighted by molar-refractivity contribution is -0.277. The lowest BCUT2D eigenvalue weighted by Gasteiger charge is -2.42. The van der Waals surface area contributed by atoms with Crippen LogP contribution in [0.3, 0.4) is 0 Å². The molecule has 0 bridgehead atoms. The van der Waals surface area contributed by atoms with Crippen LogP contribution in [0.2, 0.25) is 0 Å². The molecule has 0 unspecified atom stereocenters. The van der Waals surface area contributed by atoms with E-state index in [-0.39, 0.29) is 45.6 Å². The van der Waals surface area contributed by atoms with Crippen LogP contribution in [0, 0.1) is 11.8 Å². The highest BCUT2D eigenvalue weighted by molar-refractivity contribution is 6.11. The molecule has 14 atom stereocenters. The van der Waals surface area contributed by atoms with E-state index < -0.39 is 133 Å². The molecule has 0 aromatic heterocycles. The van der Waals surface area contributed by atoms with Crippen LogP contribution in [0.15, 0.2) is 72.8 Å². The van der Waals surface area contributed by atoms with Gasteiger partial charge in [-0.3, -0.25) is 9.59 Å². The first-order valence-corrected chi connectivity index (χ1v) is 19.3. The van der Waals surface area contributed by atoms with Crippen molar-refractivity contribution < 1.29 is 99.3 Å². The SMILES string of the molecule is O=C1c2c(O)cc(O[C@@H]3O[C@H](CO)[C@@H](O)[C@H](O)[C@H]3O)cc2O[C@H](c2ccc(O)cc2)[C@H]1[C@H]1C(=O)c2c(O)cc(O[C@@H]3O[C@H](CO)[C@@H](O)[C@H](O)[C@H]3O)cc2O[C@@H]1c1ccc(O)cc1. The Morgan fingerprint density at radius 1 is 0.484 bits per heavy atom. The van der Waals surface area contributed by atoms with Crippen molar-refractivity contribution in [3.63, 3.8) is 0 Å². The maximum atomic E-state index is 15.0. The summed E-state index contributed by atoms with van der Waals surface area (Å²) in [5, 5.41) is 125. The van der Waals surface area contributed by atoms with Gasteiger partial charge < -0.3 is 89.7 Å². The summed E-state index contributed by atoms with van der Waals surface area (Å²) in [6, 6.07) is 15.2. The quantitative estimate of drug-likeness (QED) is 0.100. The normalized spacial score (nSPS) is 33.1. The first kappa shape index (κ1) is 42.9. The van der Waals surface area contributed by atoms with Gasteiger partial charge in [0.15, 0.2) is 11.6 Å². The third-order valence-corrected chi connectivity index (χ3v) is 11.4. The summed E-state index contributed by atoms with van der Waals surface area (Å²) in [7, 11) is 0. The molecular formula is C42H42O20. The predicted octanol–water partition coefficient (Wildman–Crippen LogP) is -0.568. The third kappa shape index (κ3) is 7.59. The van der Waals surface area contributed by atoms with Gasteiger partial charge in [-0.2, -0.15) is 0 Å². The van der Waals surface area contributed by atoms with Crippen LogP contribution in [-0.4, -0.2) is 147 Å². The number of phenolic OH excluding ortho intramolecular Hbond substituents is 4. The summed E-state index contributed by atoms with van der Waals surface area (Å²) >= 11 is 0. The molecule has 62 heavy (non-hydrogen) atoms. The Labute approximate surface area is 350 Å². The van der Waals surface area contributed by atoms with Gasteiger partial charge >= 0.3 is 0 Å². The molecule has 4 heterocycles. The Bertz CT molecular complexity index is 2140. The molecule has 2 fully saturated rings. The minimum atomic E-state index is -1.83. The molecule has 4 aromatic carbocycles. The number of carbonyl (C=O) groups excluding carboxylic acids is 2. The molecule has 20 nitrogen and oxygen atoms in total. The highest BCUT2D eigenvalue weighted by Crippen LogP contribution is 2.54. The number of rotatable bonds is 9. The highest BCUT2D eigenvalue weighted by Gasteiger charge is 2.54. The van der Waals surface area contributed by atoms with Gasteiger partial charge in [-0.25, -0.2) is 0 Å². The summed E-state index contributed by atoms with van der Waals surface area (Å²) in [5.74, 6) is -7.62. The van der Waals surface area contributed by atoms with Crippen molar-refractivity contribution in [1.29, 1.82) is 0 Å². The van der Waals surface area contributed by atoms with Crippen LogP contribution in [0.5, 0.6) is 46.0 Å². The van der Waals surface area contributed by atoms with E-state index >= 15 is 0 Å². The fourth-order valence-electron chi connectivity index (χ4n) is 8.18. The second-order valence-electron chi connectivity index (χ2n) is 15.3. The van der Waals surface area contributed by atoms with Gasteiger partial charge in [-0.05, 0) is 35.4 Å². The van der Waals surface area contributed by atoms with Crippen molar-refractivity contribution in [2.45, 2.75) is 73.6 Å². The zero-order chi connectivity index (χ0) is 44.3. The summed E-state index contributed by atoms with van der Waals surface area (Å²) in [6.45, 7) is -1.50. The Balaban J connectivity index is 1.20. The van der Waals surface area contributed by atoms with Crippen molar-refractivity contribution in [3.05, 3.63) is 95.1 Å². The number of hydrogen-bond donors (Lipinski definition) is 12. The number of fused-ring (bicyclic) bond motifs is 2. The Morgan fingerprint density at radius 2 is 0.839 bits per heavy atom. The number of aromatic hydroxyl groups is 4. The molecule has 8 rings (SSSR count). The molecule has 4 aliphatic heterocycles. The summed E-state index contributed by atoms with van der Waals surface area (Å²) in [4.78, 5) is 30.0. The summed E-state index contributed by atoms with van der Waals surface area (Å²) < 4.78 is 35.1. The number of carbonyl (C=O) groups is 2. The maximum Gasteiger partial charge on any atom is 0.229 e. The average Bonchev–Trinajstić information content (AvgIpc) is 3.24. The first-order valence-electron chi connectivity index (χ1n) is 19.3. The van der Waals surface area contributed by atoms with E-state index in [0.717, 1.165) is 12.1 Å². The van der Waals surface area contributed by atoms with Crippen molar-refractivity contribution >= 4 is 11.6 Å². The molecule has 4 aromatic rings. The van der Waals surface area contributed by atoms with E-state index in [0.29, 0.717) is 0 Å². The topological polar surface area (TPSA) is 332 Å². The second kappa shape index (κ2) is 16.8. The molecule has 20 heteroatoms. The van der Waals surface area contributed by atoms with Gasteiger partial charge in [0.2, 0.25) is 12.6 Å². The van der Waals surface area contributed by atoms with Crippen LogP contribution in [0.4, 0.5) is 0 Å². The summed E-state index contributed by atoms with van der Waals surface area (Å²) in [5.41, 5.74) is -0.326. The highest BCUT2D eigenvalue weighted by atomic mass is 16.7. The zero-order valence-corrected chi connectivity index (χ0v) is 32.1. The van der Waals surface area contributed by atoms with Crippen molar-refractivity contribution in [2.24, 2.45) is 11.8 Å². The Kier molecular flexibility index (Phi) is 11.6. The molecule has 0 amide bonds. The molecule has 0 aliphatic carbocycles. The number of hydrogen-bond acceptors (Lipinski definition) is 20. The number of Topliss-reactive ketones (excluding diaryl/α,β-unsaturated/α-hetero) is 2. The Hall–Kier alpha value is -5.78. The molecule has 330 valence electrons. The smallest absolute Gasteiger partial charge is 0.229 e. The van der Waals surface area contributed by atoms with Gasteiger partial charge in [0.1, 0.15) is 118 Å². The van der Waals surface area contributed by atoms with Crippen LogP contribution in [0.25, 0.3) is 0 Å². The van der Waals surface area contributed by atoms with E-state index in [4.69, 9.17) is 28.4 Å². The largest absolute Gasteiger partial charge is 0.508 e. The minimum Gasteiger partial charge on any atom is -0.508 e. The third-order valence-electron chi connectivity index (χ3n) is 11.4. The first-order chi connectivity index (χ1) is 29.6. The molecule has 0 saturated carbocycles. The monoisotopic (exact) mass is 866 g/mol. The molecule has 0 spiro atoms. The number of ketones is 2. The van der Waals surface area contributed by atoms with Gasteiger partial charge in [-0.1, -0.05) is 24.3 Å². The average molecular weight is 867 g/mol. The number of aliphatic hydroxyl groups is 8. The number of aliphatic hydroxyl groups excluding tert-OH is 8. The molecule has 4 aliphatic rings. The minimum absolute atomic E-state index is 0.152. The van der Waals surface area contributed by atoms with E-state index in [9.17, 15) is 70.9 Å². The van der Waals surface area contributed by atoms with Crippen LogP contribution < -0.4 is 18.9 Å². The van der Waals surface area contributed by atoms with E-state index in [1.165, 1.54) is 60.7 Å². The lowest BCUT2D eigenvalue weighted by Crippen LogP contribution is -2.60. The molecule has 12 N–H and O–H groups in total.